The highest BCUT2D eigenvalue weighted by molar-refractivity contribution is 6.73. The highest BCUT2D eigenvalue weighted by Gasteiger charge is 2.25. The maximum Gasteiger partial charge on any atom is 0.509 e. The lowest BCUT2D eigenvalue weighted by Gasteiger charge is -2.15. The lowest BCUT2D eigenvalue weighted by atomic mass is 9.79. The Balaban J connectivity index is 2.74. The number of amides is 1. The van der Waals surface area contributed by atoms with Crippen LogP contribution in [-0.2, 0) is 4.74 Å². The highest BCUT2D eigenvalue weighted by Crippen LogP contribution is 2.10. The van der Waals surface area contributed by atoms with Crippen molar-refractivity contribution in [3.8, 4) is 0 Å². The Morgan fingerprint density at radius 2 is 2.12 bits per heavy atom. The van der Waals surface area contributed by atoms with E-state index in [0.29, 0.717) is 6.61 Å². The quantitative estimate of drug-likeness (QED) is 0.624. The molecular formula is C10H12BF3NO2-. The molecule has 0 aliphatic heterocycles. The molecule has 0 aliphatic rings. The fraction of sp³-hybridized carbons (Fsp3) is 0.300. The summed E-state index contributed by atoms with van der Waals surface area (Å²) in [5.74, 6) is -0.538. The van der Waals surface area contributed by atoms with E-state index in [9.17, 15) is 17.7 Å². The Kier molecular flexibility index (Phi) is 4.57. The lowest BCUT2D eigenvalue weighted by molar-refractivity contribution is 0.0937. The van der Waals surface area contributed by atoms with E-state index in [2.05, 4.69) is 5.32 Å². The van der Waals surface area contributed by atoms with Gasteiger partial charge in [-0.1, -0.05) is 18.2 Å². The summed E-state index contributed by atoms with van der Waals surface area (Å²) in [5, 5.41) is 2.45. The van der Waals surface area contributed by atoms with Gasteiger partial charge >= 0.3 is 6.98 Å². The normalized spacial score (nSPS) is 11.3. The van der Waals surface area contributed by atoms with Gasteiger partial charge in [0.1, 0.15) is 0 Å². The first-order valence-electron chi connectivity index (χ1n) is 5.02. The van der Waals surface area contributed by atoms with E-state index < -0.39 is 18.3 Å². The molecule has 7 heteroatoms. The molecule has 3 nitrogen and oxygen atoms in total. The van der Waals surface area contributed by atoms with Crippen molar-refractivity contribution in [2.24, 2.45) is 0 Å². The molecule has 94 valence electrons. The number of benzene rings is 1. The second-order valence-electron chi connectivity index (χ2n) is 3.45. The van der Waals surface area contributed by atoms with Gasteiger partial charge in [-0.15, -0.1) is 5.46 Å². The summed E-state index contributed by atoms with van der Waals surface area (Å²) in [5.41, 5.74) is -0.776. The van der Waals surface area contributed by atoms with Gasteiger partial charge in [0.15, 0.2) is 0 Å². The van der Waals surface area contributed by atoms with E-state index in [0.717, 1.165) is 12.1 Å². The SMILES string of the molecule is COCCNC(=O)c1cccc([B-](F)(F)F)c1. The number of hydrogen-bond donors (Lipinski definition) is 1. The van der Waals surface area contributed by atoms with Gasteiger partial charge < -0.3 is 23.0 Å². The number of carbonyl (C=O) groups excluding carboxylic acids is 1. The molecule has 0 spiro atoms. The van der Waals surface area contributed by atoms with Gasteiger partial charge in [-0.3, -0.25) is 4.79 Å². The van der Waals surface area contributed by atoms with Crippen LogP contribution in [0.1, 0.15) is 10.4 Å². The molecular weight excluding hydrogens is 234 g/mol. The van der Waals surface area contributed by atoms with Crippen molar-refractivity contribution in [2.75, 3.05) is 20.3 Å². The molecule has 0 heterocycles. The van der Waals surface area contributed by atoms with Gasteiger partial charge in [0.25, 0.3) is 5.91 Å². The van der Waals surface area contributed by atoms with Gasteiger partial charge in [-0.25, -0.2) is 0 Å². The molecule has 0 aromatic heterocycles. The smallest absolute Gasteiger partial charge is 0.445 e. The predicted molar refractivity (Wildman–Crippen MR) is 59.4 cm³/mol. The summed E-state index contributed by atoms with van der Waals surface area (Å²) in [4.78, 5) is 11.5. The van der Waals surface area contributed by atoms with Gasteiger partial charge in [0.2, 0.25) is 0 Å². The largest absolute Gasteiger partial charge is 0.509 e. The fourth-order valence-electron chi connectivity index (χ4n) is 1.25. The van der Waals surface area contributed by atoms with Crippen LogP contribution in [0.4, 0.5) is 12.9 Å². The minimum atomic E-state index is -5.08. The van der Waals surface area contributed by atoms with Crippen LogP contribution in [0.5, 0.6) is 0 Å². The van der Waals surface area contributed by atoms with Crippen LogP contribution < -0.4 is 10.8 Å². The van der Waals surface area contributed by atoms with Gasteiger partial charge in [-0.2, -0.15) is 0 Å². The first-order chi connectivity index (χ1) is 7.95. The van der Waals surface area contributed by atoms with Crippen molar-refractivity contribution in [3.63, 3.8) is 0 Å². The van der Waals surface area contributed by atoms with Crippen molar-refractivity contribution in [1.29, 1.82) is 0 Å². The summed E-state index contributed by atoms with van der Waals surface area (Å²) in [6.45, 7) is -4.50. The highest BCUT2D eigenvalue weighted by atomic mass is 19.4. The maximum absolute atomic E-state index is 12.4. The third-order valence-corrected chi connectivity index (χ3v) is 2.12. The van der Waals surface area contributed by atoms with Crippen LogP contribution in [0.15, 0.2) is 24.3 Å². The molecule has 0 unspecified atom stereocenters. The monoisotopic (exact) mass is 246 g/mol. The third-order valence-electron chi connectivity index (χ3n) is 2.12. The van der Waals surface area contributed by atoms with E-state index >= 15 is 0 Å². The topological polar surface area (TPSA) is 38.3 Å². The van der Waals surface area contributed by atoms with Crippen LogP contribution in [-0.4, -0.2) is 33.1 Å². The van der Waals surface area contributed by atoms with E-state index in [1.165, 1.54) is 19.2 Å². The van der Waals surface area contributed by atoms with Gasteiger partial charge in [0, 0.05) is 19.2 Å². The minimum Gasteiger partial charge on any atom is -0.445 e. The second-order valence-corrected chi connectivity index (χ2v) is 3.45. The van der Waals surface area contributed by atoms with E-state index in [1.54, 1.807) is 0 Å². The molecule has 0 aliphatic carbocycles. The molecule has 17 heavy (non-hydrogen) atoms. The summed E-state index contributed by atoms with van der Waals surface area (Å²) < 4.78 is 42.1. The molecule has 1 aromatic carbocycles. The zero-order valence-electron chi connectivity index (χ0n) is 9.25. The average molecular weight is 246 g/mol. The molecule has 0 saturated heterocycles. The Morgan fingerprint density at radius 3 is 2.71 bits per heavy atom. The molecule has 0 radical (unpaired) electrons. The van der Waals surface area contributed by atoms with E-state index in [1.807, 2.05) is 0 Å². The van der Waals surface area contributed by atoms with E-state index in [4.69, 9.17) is 4.74 Å². The standard InChI is InChI=1S/C10H12BF3NO2/c1-17-6-5-15-10(16)8-3-2-4-9(7-8)11(12,13)14/h2-4,7H,5-6H2,1H3,(H,15,16)/q-1. The number of hydrogen-bond acceptors (Lipinski definition) is 2. The fourth-order valence-corrected chi connectivity index (χ4v) is 1.25. The molecule has 0 atom stereocenters. The minimum absolute atomic E-state index is 0.00203. The Labute approximate surface area is 97.0 Å². The zero-order chi connectivity index (χ0) is 12.9. The molecule has 1 amide bonds. The second kappa shape index (κ2) is 5.72. The molecule has 1 aromatic rings. The van der Waals surface area contributed by atoms with Crippen molar-refractivity contribution in [2.45, 2.75) is 0 Å². The van der Waals surface area contributed by atoms with Crippen molar-refractivity contribution >= 4 is 18.3 Å². The maximum atomic E-state index is 12.4. The number of halogens is 3. The number of ether oxygens (including phenoxy) is 1. The van der Waals surface area contributed by atoms with Crippen LogP contribution in [0.25, 0.3) is 0 Å². The van der Waals surface area contributed by atoms with Crippen LogP contribution in [0.3, 0.4) is 0 Å². The summed E-state index contributed by atoms with van der Waals surface area (Å²) in [6.07, 6.45) is 0. The lowest BCUT2D eigenvalue weighted by Crippen LogP contribution is -2.35. The first kappa shape index (κ1) is 13.6. The Bertz CT molecular complexity index is 395. The summed E-state index contributed by atoms with van der Waals surface area (Å²) in [6, 6.07) is 4.36. The van der Waals surface area contributed by atoms with Crippen LogP contribution >= 0.6 is 0 Å². The van der Waals surface area contributed by atoms with Gasteiger partial charge in [-0.05, 0) is 6.07 Å². The van der Waals surface area contributed by atoms with Crippen molar-refractivity contribution in [1.82, 2.24) is 5.32 Å². The van der Waals surface area contributed by atoms with Crippen LogP contribution in [0, 0.1) is 0 Å². The van der Waals surface area contributed by atoms with E-state index in [-0.39, 0.29) is 12.1 Å². The van der Waals surface area contributed by atoms with Crippen LogP contribution in [0.2, 0.25) is 0 Å². The van der Waals surface area contributed by atoms with Gasteiger partial charge in [0.05, 0.1) is 6.61 Å². The molecule has 0 bridgehead atoms. The Hall–Kier alpha value is -1.50. The average Bonchev–Trinajstić information content (AvgIpc) is 2.28. The molecule has 1 N–H and O–H groups in total. The summed E-state index contributed by atoms with van der Waals surface area (Å²) >= 11 is 0. The first-order valence-corrected chi connectivity index (χ1v) is 5.02. The molecule has 0 fully saturated rings. The Morgan fingerprint density at radius 1 is 1.41 bits per heavy atom. The van der Waals surface area contributed by atoms with Crippen molar-refractivity contribution in [3.05, 3.63) is 29.8 Å². The number of nitrogens with one attached hydrogen (secondary N) is 1. The number of rotatable bonds is 5. The zero-order valence-corrected chi connectivity index (χ0v) is 9.25. The van der Waals surface area contributed by atoms with Crippen molar-refractivity contribution < 1.29 is 22.5 Å². The number of methoxy groups -OCH3 is 1. The number of carbonyl (C=O) groups is 1. The molecule has 0 saturated carbocycles. The predicted octanol–water partition coefficient (Wildman–Crippen LogP) is 1.12. The summed E-state index contributed by atoms with van der Waals surface area (Å²) in [7, 11) is 1.47. The third kappa shape index (κ3) is 4.11. The molecule has 1 rings (SSSR count).